The highest BCUT2D eigenvalue weighted by atomic mass is 15.1. The van der Waals surface area contributed by atoms with Crippen LogP contribution in [0.1, 0.15) is 25.3 Å². The quantitative estimate of drug-likeness (QED) is 0.880. The first-order valence-electron chi connectivity index (χ1n) is 8.20. The fourth-order valence-corrected chi connectivity index (χ4v) is 3.49. The molecular formula is C18H27N3. The zero-order valence-electron chi connectivity index (χ0n) is 13.3. The van der Waals surface area contributed by atoms with Gasteiger partial charge in [0.05, 0.1) is 0 Å². The van der Waals surface area contributed by atoms with Gasteiger partial charge in [0.2, 0.25) is 0 Å². The monoisotopic (exact) mass is 285 g/mol. The van der Waals surface area contributed by atoms with Crippen LogP contribution >= 0.6 is 0 Å². The molecule has 1 saturated heterocycles. The van der Waals surface area contributed by atoms with Crippen LogP contribution in [0.5, 0.6) is 0 Å². The van der Waals surface area contributed by atoms with Gasteiger partial charge in [0, 0.05) is 37.2 Å². The number of nitrogens with zero attached hydrogens (tertiary/aromatic N) is 2. The summed E-state index contributed by atoms with van der Waals surface area (Å²) in [5.41, 5.74) is 2.72. The second-order valence-electron chi connectivity index (χ2n) is 6.53. The van der Waals surface area contributed by atoms with Crippen molar-refractivity contribution < 1.29 is 0 Å². The van der Waals surface area contributed by atoms with E-state index in [1.807, 2.05) is 0 Å². The Bertz CT molecular complexity index is 581. The van der Waals surface area contributed by atoms with Crippen molar-refractivity contribution >= 4 is 10.9 Å². The Balaban J connectivity index is 1.52. The molecule has 3 nitrogen and oxygen atoms in total. The van der Waals surface area contributed by atoms with Gasteiger partial charge < -0.3 is 14.8 Å². The predicted octanol–water partition coefficient (Wildman–Crippen LogP) is 3.00. The summed E-state index contributed by atoms with van der Waals surface area (Å²) in [7, 11) is 2.13. The summed E-state index contributed by atoms with van der Waals surface area (Å²) in [5.74, 6) is 0.720. The lowest BCUT2D eigenvalue weighted by molar-refractivity contribution is 0.282. The number of hydrogen-bond acceptors (Lipinski definition) is 2. The lowest BCUT2D eigenvalue weighted by Crippen LogP contribution is -2.31. The minimum absolute atomic E-state index is 0.720. The van der Waals surface area contributed by atoms with E-state index in [-0.39, 0.29) is 0 Å². The summed E-state index contributed by atoms with van der Waals surface area (Å²) in [6.45, 7) is 8.25. The van der Waals surface area contributed by atoms with Gasteiger partial charge in [-0.2, -0.15) is 0 Å². The summed E-state index contributed by atoms with van der Waals surface area (Å²) in [6, 6.07) is 8.65. The Morgan fingerprint density at radius 3 is 2.76 bits per heavy atom. The summed E-state index contributed by atoms with van der Waals surface area (Å²) in [5, 5.41) is 5.02. The number of fused-ring (bicyclic) bond motifs is 1. The normalized spacial score (nSPS) is 17.6. The standard InChI is InChI=1S/C18H27N3/c1-15(13-21-9-5-6-10-21)11-19-12-16-14-20(2)18-8-4-3-7-17(16)18/h3-4,7-8,14-15,19H,5-6,9-13H2,1-2H3. The Hall–Kier alpha value is -1.32. The van der Waals surface area contributed by atoms with E-state index in [2.05, 4.69) is 59.2 Å². The molecule has 2 heterocycles. The van der Waals surface area contributed by atoms with Gasteiger partial charge in [0.25, 0.3) is 0 Å². The number of aryl methyl sites for hydroxylation is 1. The smallest absolute Gasteiger partial charge is 0.0481 e. The molecule has 1 N–H and O–H groups in total. The zero-order valence-corrected chi connectivity index (χ0v) is 13.3. The third-order valence-corrected chi connectivity index (χ3v) is 4.56. The topological polar surface area (TPSA) is 20.2 Å². The molecule has 1 aromatic heterocycles. The molecule has 0 spiro atoms. The van der Waals surface area contributed by atoms with E-state index in [0.29, 0.717) is 0 Å². The van der Waals surface area contributed by atoms with Crippen molar-refractivity contribution in [3.63, 3.8) is 0 Å². The van der Waals surface area contributed by atoms with Crippen LogP contribution < -0.4 is 5.32 Å². The first-order chi connectivity index (χ1) is 10.2. The van der Waals surface area contributed by atoms with Crippen LogP contribution in [0.3, 0.4) is 0 Å². The average molecular weight is 285 g/mol. The van der Waals surface area contributed by atoms with Gasteiger partial charge in [-0.3, -0.25) is 0 Å². The van der Waals surface area contributed by atoms with Crippen LogP contribution in [-0.2, 0) is 13.6 Å². The highest BCUT2D eigenvalue weighted by Gasteiger charge is 2.14. The number of rotatable bonds is 6. The lowest BCUT2D eigenvalue weighted by Gasteiger charge is -2.20. The van der Waals surface area contributed by atoms with E-state index in [1.54, 1.807) is 0 Å². The summed E-state index contributed by atoms with van der Waals surface area (Å²) in [4.78, 5) is 2.60. The van der Waals surface area contributed by atoms with Gasteiger partial charge in [-0.1, -0.05) is 25.1 Å². The van der Waals surface area contributed by atoms with Gasteiger partial charge in [-0.25, -0.2) is 0 Å². The molecule has 21 heavy (non-hydrogen) atoms. The molecule has 3 rings (SSSR count). The Morgan fingerprint density at radius 1 is 1.19 bits per heavy atom. The van der Waals surface area contributed by atoms with Gasteiger partial charge in [-0.05, 0) is 50.0 Å². The number of benzene rings is 1. The Kier molecular flexibility index (Phi) is 4.61. The van der Waals surface area contributed by atoms with Gasteiger partial charge in [-0.15, -0.1) is 0 Å². The van der Waals surface area contributed by atoms with Crippen LogP contribution in [0, 0.1) is 5.92 Å². The van der Waals surface area contributed by atoms with Crippen LogP contribution in [0.15, 0.2) is 30.5 Å². The second-order valence-corrected chi connectivity index (χ2v) is 6.53. The molecule has 2 aromatic rings. The number of para-hydroxylation sites is 1. The molecule has 0 saturated carbocycles. The Labute approximate surface area is 127 Å². The van der Waals surface area contributed by atoms with Crippen LogP contribution in [-0.4, -0.2) is 35.6 Å². The van der Waals surface area contributed by atoms with Crippen molar-refractivity contribution in [3.05, 3.63) is 36.0 Å². The maximum Gasteiger partial charge on any atom is 0.0481 e. The molecule has 1 fully saturated rings. The van der Waals surface area contributed by atoms with E-state index in [9.17, 15) is 0 Å². The second kappa shape index (κ2) is 6.63. The van der Waals surface area contributed by atoms with E-state index in [4.69, 9.17) is 0 Å². The lowest BCUT2D eigenvalue weighted by atomic mass is 10.1. The van der Waals surface area contributed by atoms with Crippen LogP contribution in [0.4, 0.5) is 0 Å². The molecule has 114 valence electrons. The fraction of sp³-hybridized carbons (Fsp3) is 0.556. The molecule has 1 aliphatic rings. The zero-order chi connectivity index (χ0) is 14.7. The van der Waals surface area contributed by atoms with E-state index in [0.717, 1.165) is 19.0 Å². The summed E-state index contributed by atoms with van der Waals surface area (Å²) < 4.78 is 2.22. The van der Waals surface area contributed by atoms with Crippen LogP contribution in [0.2, 0.25) is 0 Å². The molecule has 1 unspecified atom stereocenters. The van der Waals surface area contributed by atoms with E-state index in [1.165, 1.54) is 48.9 Å². The maximum absolute atomic E-state index is 3.64. The van der Waals surface area contributed by atoms with Crippen molar-refractivity contribution in [1.29, 1.82) is 0 Å². The van der Waals surface area contributed by atoms with Gasteiger partial charge in [0.15, 0.2) is 0 Å². The van der Waals surface area contributed by atoms with Crippen molar-refractivity contribution in [2.75, 3.05) is 26.2 Å². The number of hydrogen-bond donors (Lipinski definition) is 1. The van der Waals surface area contributed by atoms with Crippen molar-refractivity contribution in [3.8, 4) is 0 Å². The molecule has 1 aliphatic heterocycles. The third kappa shape index (κ3) is 3.47. The fourth-order valence-electron chi connectivity index (χ4n) is 3.49. The molecule has 0 aliphatic carbocycles. The molecule has 1 aromatic carbocycles. The first-order valence-corrected chi connectivity index (χ1v) is 8.20. The highest BCUT2D eigenvalue weighted by Crippen LogP contribution is 2.20. The predicted molar refractivity (Wildman–Crippen MR) is 89.5 cm³/mol. The van der Waals surface area contributed by atoms with Gasteiger partial charge in [0.1, 0.15) is 0 Å². The van der Waals surface area contributed by atoms with Crippen molar-refractivity contribution in [2.45, 2.75) is 26.3 Å². The largest absolute Gasteiger partial charge is 0.350 e. The summed E-state index contributed by atoms with van der Waals surface area (Å²) in [6.07, 6.45) is 5.02. The number of nitrogens with one attached hydrogen (secondary N) is 1. The van der Waals surface area contributed by atoms with E-state index >= 15 is 0 Å². The highest BCUT2D eigenvalue weighted by molar-refractivity contribution is 5.83. The number of aromatic nitrogens is 1. The average Bonchev–Trinajstić information content (AvgIpc) is 3.09. The SMILES string of the molecule is CC(CNCc1cn(C)c2ccccc12)CN1CCCC1. The first kappa shape index (κ1) is 14.6. The molecular weight excluding hydrogens is 258 g/mol. The molecule has 0 radical (unpaired) electrons. The minimum atomic E-state index is 0.720. The van der Waals surface area contributed by atoms with Crippen molar-refractivity contribution in [1.82, 2.24) is 14.8 Å². The molecule has 1 atom stereocenters. The van der Waals surface area contributed by atoms with Crippen molar-refractivity contribution in [2.24, 2.45) is 13.0 Å². The molecule has 0 amide bonds. The molecule has 3 heteroatoms. The minimum Gasteiger partial charge on any atom is -0.350 e. The molecule has 0 bridgehead atoms. The van der Waals surface area contributed by atoms with E-state index < -0.39 is 0 Å². The Morgan fingerprint density at radius 2 is 1.95 bits per heavy atom. The van der Waals surface area contributed by atoms with Crippen LogP contribution in [0.25, 0.3) is 10.9 Å². The maximum atomic E-state index is 3.64. The third-order valence-electron chi connectivity index (χ3n) is 4.56. The summed E-state index contributed by atoms with van der Waals surface area (Å²) >= 11 is 0. The number of likely N-dealkylation sites (tertiary alicyclic amines) is 1. The van der Waals surface area contributed by atoms with Gasteiger partial charge >= 0.3 is 0 Å².